The number of carbonyl (C=O) groups excluding carboxylic acids is 1. The van der Waals surface area contributed by atoms with Gasteiger partial charge in [-0.25, -0.2) is 0 Å². The molecule has 0 aromatic heterocycles. The van der Waals surface area contributed by atoms with E-state index in [1.807, 2.05) is 50.2 Å². The van der Waals surface area contributed by atoms with Crippen molar-refractivity contribution in [1.29, 1.82) is 0 Å². The molecule has 2 aromatic carbocycles. The highest BCUT2D eigenvalue weighted by atomic mass is 79.9. The quantitative estimate of drug-likeness (QED) is 0.770. The molecule has 0 heterocycles. The van der Waals surface area contributed by atoms with Crippen molar-refractivity contribution >= 4 is 43.5 Å². The Morgan fingerprint density at radius 3 is 2.21 bits per heavy atom. The third-order valence-corrected chi connectivity index (χ3v) is 4.12. The number of hydrogen-bond acceptors (Lipinski definition) is 1. The second kappa shape index (κ2) is 5.88. The van der Waals surface area contributed by atoms with Crippen molar-refractivity contribution in [3.8, 4) is 0 Å². The van der Waals surface area contributed by atoms with Crippen molar-refractivity contribution in [2.24, 2.45) is 0 Å². The molecule has 0 aliphatic heterocycles. The summed E-state index contributed by atoms with van der Waals surface area (Å²) in [7, 11) is 0. The van der Waals surface area contributed by atoms with Gasteiger partial charge in [-0.2, -0.15) is 0 Å². The Kier molecular flexibility index (Phi) is 4.42. The van der Waals surface area contributed by atoms with Crippen LogP contribution in [0.3, 0.4) is 0 Å². The van der Waals surface area contributed by atoms with E-state index >= 15 is 0 Å². The van der Waals surface area contributed by atoms with Crippen LogP contribution in [0.5, 0.6) is 0 Å². The minimum atomic E-state index is -0.123. The summed E-state index contributed by atoms with van der Waals surface area (Å²) >= 11 is 6.84. The summed E-state index contributed by atoms with van der Waals surface area (Å²) in [5, 5.41) is 2.92. The molecule has 2 rings (SSSR count). The van der Waals surface area contributed by atoms with Gasteiger partial charge in [0.25, 0.3) is 5.91 Å². The van der Waals surface area contributed by atoms with Gasteiger partial charge in [0, 0.05) is 8.95 Å². The van der Waals surface area contributed by atoms with E-state index in [9.17, 15) is 4.79 Å². The number of carbonyl (C=O) groups is 1. The Hall–Kier alpha value is -1.13. The molecule has 0 unspecified atom stereocenters. The summed E-state index contributed by atoms with van der Waals surface area (Å²) in [5.41, 5.74) is 3.56. The second-order valence-corrected chi connectivity index (χ2v) is 6.13. The van der Waals surface area contributed by atoms with Crippen LogP contribution in [0.4, 0.5) is 5.69 Å². The van der Waals surface area contributed by atoms with Gasteiger partial charge >= 0.3 is 0 Å². The maximum Gasteiger partial charge on any atom is 0.256 e. The maximum atomic E-state index is 12.3. The number of anilines is 1. The zero-order chi connectivity index (χ0) is 14.0. The molecule has 0 aliphatic rings. The van der Waals surface area contributed by atoms with Crippen LogP contribution in [0.15, 0.2) is 45.3 Å². The van der Waals surface area contributed by atoms with Gasteiger partial charge in [-0.15, -0.1) is 0 Å². The summed E-state index contributed by atoms with van der Waals surface area (Å²) in [6.07, 6.45) is 0. The van der Waals surface area contributed by atoms with Crippen LogP contribution in [0.1, 0.15) is 21.5 Å². The molecule has 1 N–H and O–H groups in total. The van der Waals surface area contributed by atoms with E-state index in [1.54, 1.807) is 0 Å². The first-order valence-electron chi connectivity index (χ1n) is 5.81. The fourth-order valence-corrected chi connectivity index (χ4v) is 2.51. The minimum Gasteiger partial charge on any atom is -0.321 e. The summed E-state index contributed by atoms with van der Waals surface area (Å²) in [6, 6.07) is 11.6. The lowest BCUT2D eigenvalue weighted by molar-refractivity contribution is 0.102. The molecule has 0 atom stereocenters. The Bertz CT molecular complexity index is 638. The van der Waals surface area contributed by atoms with Crippen molar-refractivity contribution in [3.05, 3.63) is 62.0 Å². The number of rotatable bonds is 2. The minimum absolute atomic E-state index is 0.123. The summed E-state index contributed by atoms with van der Waals surface area (Å²) < 4.78 is 1.66. The normalized spacial score (nSPS) is 10.3. The first kappa shape index (κ1) is 14.3. The van der Waals surface area contributed by atoms with Crippen LogP contribution in [-0.4, -0.2) is 5.91 Å². The average Bonchev–Trinajstić information content (AvgIpc) is 2.36. The third kappa shape index (κ3) is 3.45. The molecule has 98 valence electrons. The molecule has 1 amide bonds. The van der Waals surface area contributed by atoms with Gasteiger partial charge in [0.1, 0.15) is 0 Å². The number of amides is 1. The molecule has 2 nitrogen and oxygen atoms in total. The molecule has 0 bridgehead atoms. The molecule has 0 saturated carbocycles. The number of benzene rings is 2. The van der Waals surface area contributed by atoms with Crippen LogP contribution >= 0.6 is 31.9 Å². The Morgan fingerprint density at radius 1 is 0.947 bits per heavy atom. The Morgan fingerprint density at radius 2 is 1.53 bits per heavy atom. The van der Waals surface area contributed by atoms with E-state index in [1.165, 1.54) is 0 Å². The molecule has 19 heavy (non-hydrogen) atoms. The standard InChI is InChI=1S/C15H13Br2NO/c1-9-3-5-12(16)11(7-9)15(19)18-14-8-10(2)4-6-13(14)17/h3-8H,1-2H3,(H,18,19). The summed E-state index contributed by atoms with van der Waals surface area (Å²) in [5.74, 6) is -0.123. The van der Waals surface area contributed by atoms with Gasteiger partial charge < -0.3 is 5.32 Å². The van der Waals surface area contributed by atoms with Crippen LogP contribution in [0, 0.1) is 13.8 Å². The van der Waals surface area contributed by atoms with E-state index in [-0.39, 0.29) is 5.91 Å². The lowest BCUT2D eigenvalue weighted by Gasteiger charge is -2.10. The van der Waals surface area contributed by atoms with E-state index < -0.39 is 0 Å². The van der Waals surface area contributed by atoms with Gasteiger partial charge in [0.2, 0.25) is 0 Å². The Balaban J connectivity index is 2.30. The van der Waals surface area contributed by atoms with E-state index in [0.717, 1.165) is 25.8 Å². The van der Waals surface area contributed by atoms with Crippen LogP contribution in [-0.2, 0) is 0 Å². The van der Waals surface area contributed by atoms with Crippen molar-refractivity contribution < 1.29 is 4.79 Å². The average molecular weight is 383 g/mol. The van der Waals surface area contributed by atoms with Crippen LogP contribution < -0.4 is 5.32 Å². The van der Waals surface area contributed by atoms with Crippen molar-refractivity contribution in [2.75, 3.05) is 5.32 Å². The first-order chi connectivity index (χ1) is 8.97. The van der Waals surface area contributed by atoms with Crippen molar-refractivity contribution in [3.63, 3.8) is 0 Å². The molecular formula is C15H13Br2NO. The highest BCUT2D eigenvalue weighted by Gasteiger charge is 2.12. The third-order valence-electron chi connectivity index (χ3n) is 2.74. The molecule has 0 spiro atoms. The number of halogens is 2. The number of aryl methyl sites for hydroxylation is 2. The molecule has 2 aromatic rings. The van der Waals surface area contributed by atoms with Gasteiger partial charge in [-0.3, -0.25) is 4.79 Å². The molecule has 0 radical (unpaired) electrons. The summed E-state index contributed by atoms with van der Waals surface area (Å²) in [6.45, 7) is 3.95. The highest BCUT2D eigenvalue weighted by Crippen LogP contribution is 2.25. The fraction of sp³-hybridized carbons (Fsp3) is 0.133. The smallest absolute Gasteiger partial charge is 0.256 e. The molecule has 0 saturated heterocycles. The van der Waals surface area contributed by atoms with Gasteiger partial charge in [-0.05, 0) is 75.5 Å². The van der Waals surface area contributed by atoms with Crippen molar-refractivity contribution in [1.82, 2.24) is 0 Å². The van der Waals surface area contributed by atoms with Gasteiger partial charge in [0.15, 0.2) is 0 Å². The van der Waals surface area contributed by atoms with E-state index in [2.05, 4.69) is 37.2 Å². The molecule has 0 aliphatic carbocycles. The lowest BCUT2D eigenvalue weighted by atomic mass is 10.1. The van der Waals surface area contributed by atoms with Crippen LogP contribution in [0.25, 0.3) is 0 Å². The highest BCUT2D eigenvalue weighted by molar-refractivity contribution is 9.11. The predicted octanol–water partition coefficient (Wildman–Crippen LogP) is 5.08. The van der Waals surface area contributed by atoms with Gasteiger partial charge in [-0.1, -0.05) is 17.7 Å². The summed E-state index contributed by atoms with van der Waals surface area (Å²) in [4.78, 5) is 12.3. The predicted molar refractivity (Wildman–Crippen MR) is 85.7 cm³/mol. The number of hydrogen-bond donors (Lipinski definition) is 1. The zero-order valence-electron chi connectivity index (χ0n) is 10.6. The van der Waals surface area contributed by atoms with Crippen LogP contribution in [0.2, 0.25) is 0 Å². The van der Waals surface area contributed by atoms with E-state index in [4.69, 9.17) is 0 Å². The monoisotopic (exact) mass is 381 g/mol. The van der Waals surface area contributed by atoms with Gasteiger partial charge in [0.05, 0.1) is 11.3 Å². The zero-order valence-corrected chi connectivity index (χ0v) is 13.8. The SMILES string of the molecule is Cc1ccc(Br)c(NC(=O)c2cc(C)ccc2Br)c1. The maximum absolute atomic E-state index is 12.3. The second-order valence-electron chi connectivity index (χ2n) is 4.42. The topological polar surface area (TPSA) is 29.1 Å². The Labute approximate surface area is 129 Å². The number of nitrogens with one attached hydrogen (secondary N) is 1. The van der Waals surface area contributed by atoms with E-state index in [0.29, 0.717) is 5.56 Å². The molecule has 4 heteroatoms. The first-order valence-corrected chi connectivity index (χ1v) is 7.39. The lowest BCUT2D eigenvalue weighted by Crippen LogP contribution is -2.13. The molecule has 0 fully saturated rings. The fourth-order valence-electron chi connectivity index (χ4n) is 1.74. The van der Waals surface area contributed by atoms with Crippen molar-refractivity contribution in [2.45, 2.75) is 13.8 Å². The largest absolute Gasteiger partial charge is 0.321 e. The molecular weight excluding hydrogens is 370 g/mol.